The maximum atomic E-state index is 13.0. The molecule has 2 heterocycles. The zero-order valence-electron chi connectivity index (χ0n) is 17.1. The molecule has 0 saturated carbocycles. The van der Waals surface area contributed by atoms with Crippen molar-refractivity contribution >= 4 is 17.6 Å². The summed E-state index contributed by atoms with van der Waals surface area (Å²) < 4.78 is 12.2. The third-order valence-electron chi connectivity index (χ3n) is 5.47. The van der Waals surface area contributed by atoms with Crippen LogP contribution in [0.2, 0.25) is 0 Å². The molecular weight excluding hydrogens is 382 g/mol. The first-order valence-electron chi connectivity index (χ1n) is 9.96. The van der Waals surface area contributed by atoms with E-state index in [0.29, 0.717) is 29.8 Å². The molecule has 7 heteroatoms. The molecular formula is C23H23N3O4. The summed E-state index contributed by atoms with van der Waals surface area (Å²) in [5, 5.41) is 4.51. The number of nitrogens with zero attached hydrogens (tertiary/aromatic N) is 3. The van der Waals surface area contributed by atoms with Gasteiger partial charge in [-0.3, -0.25) is 4.79 Å². The molecule has 1 aromatic carbocycles. The molecule has 1 unspecified atom stereocenters. The van der Waals surface area contributed by atoms with E-state index in [0.717, 1.165) is 23.4 Å². The molecule has 0 fully saturated rings. The number of carbonyl (C=O) groups is 2. The number of Topliss-reactive ketones (excluding diaryl/α,β-unsaturated/α-hetero) is 1. The minimum absolute atomic E-state index is 0.0814. The molecule has 0 radical (unpaired) electrons. The van der Waals surface area contributed by atoms with Gasteiger partial charge in [0.05, 0.1) is 26.5 Å². The number of hydrogen-bond acceptors (Lipinski definition) is 6. The SMILES string of the molecule is C#CCN1C2=C(C(=O)CCC2)C(c2ccc(OC)cc2)n2ncc(C(=O)OCC)c21. The number of anilines is 1. The lowest BCUT2D eigenvalue weighted by atomic mass is 9.84. The average molecular weight is 405 g/mol. The molecule has 1 aliphatic carbocycles. The number of fused-ring (bicyclic) bond motifs is 1. The maximum absolute atomic E-state index is 13.0. The van der Waals surface area contributed by atoms with E-state index in [4.69, 9.17) is 15.9 Å². The Kier molecular flexibility index (Phi) is 5.32. The molecule has 30 heavy (non-hydrogen) atoms. The van der Waals surface area contributed by atoms with Crippen LogP contribution in [0.3, 0.4) is 0 Å². The summed E-state index contributed by atoms with van der Waals surface area (Å²) in [5.74, 6) is 3.57. The van der Waals surface area contributed by atoms with Crippen molar-refractivity contribution in [3.05, 3.63) is 52.9 Å². The van der Waals surface area contributed by atoms with Gasteiger partial charge in [0.2, 0.25) is 0 Å². The van der Waals surface area contributed by atoms with Crippen LogP contribution in [0.25, 0.3) is 0 Å². The molecule has 4 rings (SSSR count). The first-order chi connectivity index (χ1) is 14.6. The van der Waals surface area contributed by atoms with Gasteiger partial charge in [-0.2, -0.15) is 5.10 Å². The summed E-state index contributed by atoms with van der Waals surface area (Å²) in [6, 6.07) is 7.11. The largest absolute Gasteiger partial charge is 0.497 e. The van der Waals surface area contributed by atoms with Gasteiger partial charge in [0.15, 0.2) is 5.78 Å². The van der Waals surface area contributed by atoms with E-state index in [1.54, 1.807) is 18.7 Å². The van der Waals surface area contributed by atoms with Crippen LogP contribution >= 0.6 is 0 Å². The summed E-state index contributed by atoms with van der Waals surface area (Å²) in [7, 11) is 1.61. The van der Waals surface area contributed by atoms with Gasteiger partial charge in [-0.1, -0.05) is 18.1 Å². The number of hydrogen-bond donors (Lipinski definition) is 0. The highest BCUT2D eigenvalue weighted by molar-refractivity contribution is 6.01. The van der Waals surface area contributed by atoms with Crippen LogP contribution in [-0.4, -0.2) is 41.8 Å². The number of methoxy groups -OCH3 is 1. The number of benzene rings is 1. The van der Waals surface area contributed by atoms with Crippen molar-refractivity contribution < 1.29 is 19.1 Å². The summed E-state index contributed by atoms with van der Waals surface area (Å²) in [6.07, 6.45) is 9.08. The third-order valence-corrected chi connectivity index (χ3v) is 5.47. The summed E-state index contributed by atoms with van der Waals surface area (Å²) in [5.41, 5.74) is 2.78. The highest BCUT2D eigenvalue weighted by Crippen LogP contribution is 2.45. The van der Waals surface area contributed by atoms with Crippen LogP contribution in [0, 0.1) is 12.3 Å². The Labute approximate surface area is 175 Å². The summed E-state index contributed by atoms with van der Waals surface area (Å²) in [4.78, 5) is 27.5. The number of aromatic nitrogens is 2. The summed E-state index contributed by atoms with van der Waals surface area (Å²) in [6.45, 7) is 2.25. The van der Waals surface area contributed by atoms with Crippen molar-refractivity contribution in [2.75, 3.05) is 25.2 Å². The van der Waals surface area contributed by atoms with Crippen LogP contribution < -0.4 is 9.64 Å². The molecule has 0 spiro atoms. The highest BCUT2D eigenvalue weighted by Gasteiger charge is 2.41. The number of carbonyl (C=O) groups excluding carboxylic acids is 2. The van der Waals surface area contributed by atoms with E-state index in [1.165, 1.54) is 6.20 Å². The smallest absolute Gasteiger partial charge is 0.343 e. The zero-order valence-corrected chi connectivity index (χ0v) is 17.1. The predicted molar refractivity (Wildman–Crippen MR) is 111 cm³/mol. The fourth-order valence-corrected chi connectivity index (χ4v) is 4.21. The number of allylic oxidation sites excluding steroid dienone is 2. The van der Waals surface area contributed by atoms with Crippen LogP contribution in [0.4, 0.5) is 5.82 Å². The van der Waals surface area contributed by atoms with Gasteiger partial charge in [-0.25, -0.2) is 9.48 Å². The van der Waals surface area contributed by atoms with Crippen molar-refractivity contribution in [3.63, 3.8) is 0 Å². The molecule has 0 amide bonds. The number of terminal acetylenes is 1. The Morgan fingerprint density at radius 1 is 1.30 bits per heavy atom. The van der Waals surface area contributed by atoms with Crippen molar-refractivity contribution in [2.45, 2.75) is 32.2 Å². The summed E-state index contributed by atoms with van der Waals surface area (Å²) >= 11 is 0. The Hall–Kier alpha value is -3.53. The van der Waals surface area contributed by atoms with E-state index >= 15 is 0 Å². The lowest BCUT2D eigenvalue weighted by molar-refractivity contribution is -0.116. The van der Waals surface area contributed by atoms with E-state index in [1.807, 2.05) is 29.2 Å². The van der Waals surface area contributed by atoms with Crippen LogP contribution in [0.5, 0.6) is 5.75 Å². The van der Waals surface area contributed by atoms with Crippen molar-refractivity contribution in [3.8, 4) is 18.1 Å². The van der Waals surface area contributed by atoms with Crippen molar-refractivity contribution in [2.24, 2.45) is 0 Å². The number of rotatable bonds is 5. The number of esters is 1. The second kappa shape index (κ2) is 8.07. The lowest BCUT2D eigenvalue weighted by Gasteiger charge is -2.39. The molecule has 1 aliphatic heterocycles. The molecule has 0 saturated heterocycles. The van der Waals surface area contributed by atoms with Gasteiger partial charge in [-0.05, 0) is 37.5 Å². The predicted octanol–water partition coefficient (Wildman–Crippen LogP) is 3.12. The third kappa shape index (κ3) is 3.14. The molecule has 0 N–H and O–H groups in total. The fraction of sp³-hybridized carbons (Fsp3) is 0.348. The first kappa shape index (κ1) is 19.8. The van der Waals surface area contributed by atoms with Crippen LogP contribution in [-0.2, 0) is 9.53 Å². The molecule has 0 bridgehead atoms. The molecule has 1 aromatic heterocycles. The Balaban J connectivity index is 1.94. The van der Waals surface area contributed by atoms with Crippen LogP contribution in [0.15, 0.2) is 41.7 Å². The van der Waals surface area contributed by atoms with E-state index < -0.39 is 12.0 Å². The van der Waals surface area contributed by atoms with E-state index in [-0.39, 0.29) is 18.9 Å². The van der Waals surface area contributed by atoms with Gasteiger partial charge in [-0.15, -0.1) is 6.42 Å². The second-order valence-electron chi connectivity index (χ2n) is 7.15. The van der Waals surface area contributed by atoms with Gasteiger partial charge in [0.25, 0.3) is 0 Å². The van der Waals surface area contributed by atoms with Crippen molar-refractivity contribution in [1.29, 1.82) is 0 Å². The van der Waals surface area contributed by atoms with Gasteiger partial charge in [0.1, 0.15) is 23.2 Å². The topological polar surface area (TPSA) is 73.7 Å². The van der Waals surface area contributed by atoms with Gasteiger partial charge in [0, 0.05) is 17.7 Å². The van der Waals surface area contributed by atoms with E-state index in [2.05, 4.69) is 11.0 Å². The normalized spacial score (nSPS) is 17.8. The number of ether oxygens (including phenoxy) is 2. The maximum Gasteiger partial charge on any atom is 0.343 e. The van der Waals surface area contributed by atoms with Gasteiger partial charge >= 0.3 is 5.97 Å². The Bertz CT molecular complexity index is 1060. The van der Waals surface area contributed by atoms with Gasteiger partial charge < -0.3 is 14.4 Å². The number of ketones is 1. The molecule has 1 atom stereocenters. The quantitative estimate of drug-likeness (QED) is 0.562. The minimum Gasteiger partial charge on any atom is -0.497 e. The zero-order chi connectivity index (χ0) is 21.3. The Morgan fingerprint density at radius 2 is 2.07 bits per heavy atom. The average Bonchev–Trinajstić information content (AvgIpc) is 3.19. The minimum atomic E-state index is -0.458. The lowest BCUT2D eigenvalue weighted by Crippen LogP contribution is -2.39. The Morgan fingerprint density at radius 3 is 2.73 bits per heavy atom. The van der Waals surface area contributed by atoms with Crippen molar-refractivity contribution in [1.82, 2.24) is 9.78 Å². The molecule has 154 valence electrons. The van der Waals surface area contributed by atoms with Crippen LogP contribution in [0.1, 0.15) is 48.1 Å². The molecule has 2 aliphatic rings. The standard InChI is InChI=1S/C23H23N3O4/c1-4-13-25-18-7-6-8-19(27)20(18)21(15-9-11-16(29-3)12-10-15)26-22(25)17(14-24-26)23(28)30-5-2/h1,9-12,14,21H,5-8,13H2,2-3H3. The first-order valence-corrected chi connectivity index (χ1v) is 9.96. The monoisotopic (exact) mass is 405 g/mol. The fourth-order valence-electron chi connectivity index (χ4n) is 4.21. The molecule has 2 aromatic rings. The molecule has 7 nitrogen and oxygen atoms in total. The highest BCUT2D eigenvalue weighted by atomic mass is 16.5. The second-order valence-corrected chi connectivity index (χ2v) is 7.15. The van der Waals surface area contributed by atoms with E-state index in [9.17, 15) is 9.59 Å².